The van der Waals surface area contributed by atoms with Crippen LogP contribution in [0.4, 0.5) is 8.78 Å². The molecule has 3 aromatic rings. The predicted octanol–water partition coefficient (Wildman–Crippen LogP) is 5.22. The molecule has 0 amide bonds. The van der Waals surface area contributed by atoms with Crippen molar-refractivity contribution in [3.05, 3.63) is 83.2 Å². The third-order valence-corrected chi connectivity index (χ3v) is 3.94. The fourth-order valence-corrected chi connectivity index (χ4v) is 2.41. The highest BCUT2D eigenvalue weighted by Crippen LogP contribution is 2.25. The Morgan fingerprint density at radius 3 is 2.58 bits per heavy atom. The number of aryl methyl sites for hydroxylation is 2. The smallest absolute Gasteiger partial charge is 0.166 e. The minimum atomic E-state index is -0.871. The van der Waals surface area contributed by atoms with Gasteiger partial charge in [0.05, 0.1) is 0 Å². The molecule has 2 nitrogen and oxygen atoms in total. The molecule has 0 N–H and O–H groups in total. The van der Waals surface area contributed by atoms with Crippen LogP contribution in [0.2, 0.25) is 0 Å². The summed E-state index contributed by atoms with van der Waals surface area (Å²) in [4.78, 5) is 4.11. The van der Waals surface area contributed by atoms with Crippen LogP contribution in [-0.2, 0) is 6.61 Å². The Labute approximate surface area is 139 Å². The molecule has 3 rings (SSSR count). The lowest BCUT2D eigenvalue weighted by molar-refractivity contribution is 0.305. The second kappa shape index (κ2) is 6.79. The van der Waals surface area contributed by atoms with Gasteiger partial charge in [0.1, 0.15) is 12.4 Å². The molecule has 0 aliphatic rings. The standard InChI is InChI=1S/C20H17F2NO/c1-13-6-7-17(8-14(13)2)24-12-15-9-16(11-23-10-15)18-4-3-5-19(21)20(18)22/h3-11H,12H2,1-2H3. The van der Waals surface area contributed by atoms with Gasteiger partial charge in [-0.3, -0.25) is 4.98 Å². The molecule has 1 aromatic heterocycles. The monoisotopic (exact) mass is 325 g/mol. The highest BCUT2D eigenvalue weighted by molar-refractivity contribution is 5.63. The first-order valence-corrected chi connectivity index (χ1v) is 7.63. The molecule has 0 aliphatic carbocycles. The molecule has 0 saturated carbocycles. The van der Waals surface area contributed by atoms with Crippen LogP contribution < -0.4 is 4.74 Å². The van der Waals surface area contributed by atoms with Crippen molar-refractivity contribution >= 4 is 0 Å². The second-order valence-electron chi connectivity index (χ2n) is 5.72. The zero-order valence-corrected chi connectivity index (χ0v) is 13.5. The van der Waals surface area contributed by atoms with E-state index < -0.39 is 11.6 Å². The lowest BCUT2D eigenvalue weighted by Gasteiger charge is -2.10. The number of ether oxygens (including phenoxy) is 1. The quantitative estimate of drug-likeness (QED) is 0.656. The third-order valence-electron chi connectivity index (χ3n) is 3.94. The molecule has 0 bridgehead atoms. The van der Waals surface area contributed by atoms with Gasteiger partial charge >= 0.3 is 0 Å². The van der Waals surface area contributed by atoms with Crippen LogP contribution in [0.3, 0.4) is 0 Å². The molecule has 0 radical (unpaired) electrons. The Kier molecular flexibility index (Phi) is 4.56. The highest BCUT2D eigenvalue weighted by atomic mass is 19.2. The Morgan fingerprint density at radius 1 is 0.958 bits per heavy atom. The van der Waals surface area contributed by atoms with E-state index in [4.69, 9.17) is 4.74 Å². The van der Waals surface area contributed by atoms with E-state index in [1.54, 1.807) is 12.3 Å². The number of aromatic nitrogens is 1. The van der Waals surface area contributed by atoms with E-state index in [0.29, 0.717) is 12.2 Å². The molecule has 4 heteroatoms. The molecular weight excluding hydrogens is 308 g/mol. The van der Waals surface area contributed by atoms with Crippen molar-refractivity contribution in [3.63, 3.8) is 0 Å². The summed E-state index contributed by atoms with van der Waals surface area (Å²) in [6.45, 7) is 4.37. The van der Waals surface area contributed by atoms with E-state index >= 15 is 0 Å². The number of rotatable bonds is 4. The summed E-state index contributed by atoms with van der Waals surface area (Å²) in [7, 11) is 0. The zero-order chi connectivity index (χ0) is 17.1. The van der Waals surface area contributed by atoms with Crippen LogP contribution >= 0.6 is 0 Å². The maximum Gasteiger partial charge on any atom is 0.166 e. The van der Waals surface area contributed by atoms with E-state index in [1.165, 1.54) is 23.9 Å². The Morgan fingerprint density at radius 2 is 1.79 bits per heavy atom. The van der Waals surface area contributed by atoms with Crippen molar-refractivity contribution in [1.82, 2.24) is 4.98 Å². The molecule has 122 valence electrons. The molecule has 0 spiro atoms. The van der Waals surface area contributed by atoms with Crippen LogP contribution in [-0.4, -0.2) is 4.98 Å². The van der Waals surface area contributed by atoms with Gasteiger partial charge in [0, 0.05) is 29.1 Å². The first-order chi connectivity index (χ1) is 11.5. The number of nitrogens with zero attached hydrogens (tertiary/aromatic N) is 1. The van der Waals surface area contributed by atoms with Gasteiger partial charge in [-0.2, -0.15) is 0 Å². The van der Waals surface area contributed by atoms with E-state index in [1.807, 2.05) is 32.0 Å². The van der Waals surface area contributed by atoms with E-state index in [0.717, 1.165) is 22.9 Å². The van der Waals surface area contributed by atoms with Crippen LogP contribution in [0.25, 0.3) is 11.1 Å². The SMILES string of the molecule is Cc1ccc(OCc2cncc(-c3cccc(F)c3F)c2)cc1C. The predicted molar refractivity (Wildman–Crippen MR) is 89.8 cm³/mol. The van der Waals surface area contributed by atoms with Gasteiger partial charge in [0.2, 0.25) is 0 Å². The van der Waals surface area contributed by atoms with Crippen molar-refractivity contribution in [3.8, 4) is 16.9 Å². The van der Waals surface area contributed by atoms with Crippen LogP contribution in [0, 0.1) is 25.5 Å². The number of halogens is 2. The summed E-state index contributed by atoms with van der Waals surface area (Å²) in [6, 6.07) is 11.7. The minimum Gasteiger partial charge on any atom is -0.489 e. The lowest BCUT2D eigenvalue weighted by atomic mass is 10.1. The van der Waals surface area contributed by atoms with Crippen molar-refractivity contribution in [2.75, 3.05) is 0 Å². The first kappa shape index (κ1) is 16.1. The molecule has 0 fully saturated rings. The van der Waals surface area contributed by atoms with Gasteiger partial charge < -0.3 is 4.74 Å². The molecule has 0 saturated heterocycles. The first-order valence-electron chi connectivity index (χ1n) is 7.63. The molecule has 0 unspecified atom stereocenters. The van der Waals surface area contributed by atoms with Gasteiger partial charge in [0.25, 0.3) is 0 Å². The van der Waals surface area contributed by atoms with Gasteiger partial charge in [-0.25, -0.2) is 8.78 Å². The average Bonchev–Trinajstić information content (AvgIpc) is 2.59. The van der Waals surface area contributed by atoms with Crippen molar-refractivity contribution in [1.29, 1.82) is 0 Å². The van der Waals surface area contributed by atoms with Crippen LogP contribution in [0.15, 0.2) is 54.9 Å². The molecule has 24 heavy (non-hydrogen) atoms. The fraction of sp³-hybridized carbons (Fsp3) is 0.150. The fourth-order valence-electron chi connectivity index (χ4n) is 2.41. The van der Waals surface area contributed by atoms with Gasteiger partial charge in [0.15, 0.2) is 11.6 Å². The van der Waals surface area contributed by atoms with Crippen molar-refractivity contribution < 1.29 is 13.5 Å². The van der Waals surface area contributed by atoms with Crippen molar-refractivity contribution in [2.24, 2.45) is 0 Å². The molecular formula is C20H17F2NO. The van der Waals surface area contributed by atoms with Gasteiger partial charge in [-0.1, -0.05) is 18.2 Å². The number of pyridine rings is 1. The van der Waals surface area contributed by atoms with Gasteiger partial charge in [-0.15, -0.1) is 0 Å². The average molecular weight is 325 g/mol. The third kappa shape index (κ3) is 3.43. The van der Waals surface area contributed by atoms with Crippen LogP contribution in [0.1, 0.15) is 16.7 Å². The largest absolute Gasteiger partial charge is 0.489 e. The molecule has 0 atom stereocenters. The molecule has 0 aliphatic heterocycles. The Hall–Kier alpha value is -2.75. The summed E-state index contributed by atoms with van der Waals surface area (Å²) >= 11 is 0. The summed E-state index contributed by atoms with van der Waals surface area (Å²) in [5.41, 5.74) is 3.85. The molecule has 1 heterocycles. The summed E-state index contributed by atoms with van der Waals surface area (Å²) in [6.07, 6.45) is 3.17. The van der Waals surface area contributed by atoms with E-state index in [-0.39, 0.29) is 5.56 Å². The lowest BCUT2D eigenvalue weighted by Crippen LogP contribution is -1.98. The summed E-state index contributed by atoms with van der Waals surface area (Å²) in [5, 5.41) is 0. The Balaban J connectivity index is 1.80. The van der Waals surface area contributed by atoms with E-state index in [9.17, 15) is 8.78 Å². The van der Waals surface area contributed by atoms with Crippen LogP contribution in [0.5, 0.6) is 5.75 Å². The van der Waals surface area contributed by atoms with Crippen molar-refractivity contribution in [2.45, 2.75) is 20.5 Å². The zero-order valence-electron chi connectivity index (χ0n) is 13.5. The summed E-state index contributed by atoms with van der Waals surface area (Å²) in [5.74, 6) is -0.976. The topological polar surface area (TPSA) is 22.1 Å². The Bertz CT molecular complexity index is 877. The van der Waals surface area contributed by atoms with Gasteiger partial charge in [-0.05, 0) is 49.2 Å². The maximum atomic E-state index is 13.9. The highest BCUT2D eigenvalue weighted by Gasteiger charge is 2.10. The molecule has 2 aromatic carbocycles. The minimum absolute atomic E-state index is 0.190. The number of hydrogen-bond acceptors (Lipinski definition) is 2. The summed E-state index contributed by atoms with van der Waals surface area (Å²) < 4.78 is 33.1. The maximum absolute atomic E-state index is 13.9. The normalized spacial score (nSPS) is 10.7. The number of benzene rings is 2. The van der Waals surface area contributed by atoms with E-state index in [2.05, 4.69) is 4.98 Å². The second-order valence-corrected chi connectivity index (χ2v) is 5.72. The number of hydrogen-bond donors (Lipinski definition) is 0.